The Labute approximate surface area is 128 Å². The number of ether oxygens (including phenoxy) is 2. The van der Waals surface area contributed by atoms with Gasteiger partial charge in [-0.05, 0) is 23.6 Å². The predicted molar refractivity (Wildman–Crippen MR) is 81.0 cm³/mol. The minimum atomic E-state index is -0.417. The average molecular weight is 307 g/mol. The molecule has 0 aromatic heterocycles. The highest BCUT2D eigenvalue weighted by Crippen LogP contribution is 2.48. The molecule has 0 saturated heterocycles. The smallest absolute Gasteiger partial charge is 0.163 e. The van der Waals surface area contributed by atoms with Crippen LogP contribution < -0.4 is 9.47 Å². The average Bonchev–Trinajstić information content (AvgIpc) is 2.48. The van der Waals surface area contributed by atoms with Crippen molar-refractivity contribution in [1.29, 1.82) is 0 Å². The third-order valence-corrected chi connectivity index (χ3v) is 4.59. The minimum absolute atomic E-state index is 0.135. The van der Waals surface area contributed by atoms with Crippen LogP contribution in [-0.4, -0.2) is 14.2 Å². The summed E-state index contributed by atoms with van der Waals surface area (Å²) in [5, 5.41) is -0.417. The first-order valence-electron chi connectivity index (χ1n) is 6.79. The van der Waals surface area contributed by atoms with Gasteiger partial charge in [0.15, 0.2) is 11.5 Å². The molecule has 0 N–H and O–H groups in total. The molecule has 2 aromatic carbocycles. The highest BCUT2D eigenvalue weighted by molar-refractivity contribution is 6.21. The molecule has 2 unspecified atom stereocenters. The summed E-state index contributed by atoms with van der Waals surface area (Å²) in [7, 11) is 3.01. The number of methoxy groups -OCH3 is 2. The van der Waals surface area contributed by atoms with E-state index in [-0.39, 0.29) is 11.7 Å². The van der Waals surface area contributed by atoms with Crippen molar-refractivity contribution < 1.29 is 13.9 Å². The Bertz CT molecular complexity index is 672. The molecule has 2 aromatic rings. The molecule has 0 radical (unpaired) electrons. The van der Waals surface area contributed by atoms with Crippen LogP contribution in [0, 0.1) is 5.82 Å². The van der Waals surface area contributed by atoms with Crippen LogP contribution in [0.2, 0.25) is 0 Å². The maximum Gasteiger partial charge on any atom is 0.163 e. The Morgan fingerprint density at radius 1 is 1.14 bits per heavy atom. The van der Waals surface area contributed by atoms with E-state index in [0.717, 1.165) is 6.42 Å². The summed E-state index contributed by atoms with van der Waals surface area (Å²) in [6.07, 6.45) is 0.873. The quantitative estimate of drug-likeness (QED) is 0.776. The van der Waals surface area contributed by atoms with Gasteiger partial charge in [0.25, 0.3) is 0 Å². The fourth-order valence-electron chi connectivity index (χ4n) is 2.86. The first kappa shape index (κ1) is 14.2. The molecule has 3 rings (SSSR count). The SMILES string of the molecule is COc1cc(F)c(C(Cl)C2Cc3ccccc32)cc1OC. The van der Waals surface area contributed by atoms with Crippen molar-refractivity contribution in [3.63, 3.8) is 0 Å². The summed E-state index contributed by atoms with van der Waals surface area (Å²) in [6, 6.07) is 11.1. The van der Waals surface area contributed by atoms with Crippen LogP contribution in [0.1, 0.15) is 28.0 Å². The van der Waals surface area contributed by atoms with Crippen LogP contribution >= 0.6 is 11.6 Å². The van der Waals surface area contributed by atoms with Crippen LogP contribution in [0.4, 0.5) is 4.39 Å². The van der Waals surface area contributed by atoms with Crippen LogP contribution in [-0.2, 0) is 6.42 Å². The lowest BCUT2D eigenvalue weighted by atomic mass is 9.74. The number of hydrogen-bond acceptors (Lipinski definition) is 2. The number of halogens is 2. The Morgan fingerprint density at radius 3 is 2.48 bits per heavy atom. The molecule has 4 heteroatoms. The van der Waals surface area contributed by atoms with Crippen LogP contribution in [0.3, 0.4) is 0 Å². The Balaban J connectivity index is 1.94. The van der Waals surface area contributed by atoms with Gasteiger partial charge in [-0.3, -0.25) is 0 Å². The fourth-order valence-corrected chi connectivity index (χ4v) is 3.25. The zero-order valence-corrected chi connectivity index (χ0v) is 12.7. The maximum atomic E-state index is 14.3. The van der Waals surface area contributed by atoms with Crippen molar-refractivity contribution in [2.24, 2.45) is 0 Å². The molecular formula is C17H16ClFO2. The largest absolute Gasteiger partial charge is 0.493 e. The van der Waals surface area contributed by atoms with Crippen molar-refractivity contribution >= 4 is 11.6 Å². The van der Waals surface area contributed by atoms with Crippen molar-refractivity contribution in [3.8, 4) is 11.5 Å². The van der Waals surface area contributed by atoms with E-state index in [1.807, 2.05) is 12.1 Å². The lowest BCUT2D eigenvalue weighted by Crippen LogP contribution is -2.21. The predicted octanol–water partition coefficient (Wildman–Crippen LogP) is 4.46. The van der Waals surface area contributed by atoms with Crippen LogP contribution in [0.15, 0.2) is 36.4 Å². The Kier molecular flexibility index (Phi) is 3.77. The monoisotopic (exact) mass is 306 g/mol. The second-order valence-corrected chi connectivity index (χ2v) is 5.61. The summed E-state index contributed by atoms with van der Waals surface area (Å²) in [6.45, 7) is 0. The van der Waals surface area contributed by atoms with E-state index in [0.29, 0.717) is 17.1 Å². The van der Waals surface area contributed by atoms with Gasteiger partial charge in [0.2, 0.25) is 0 Å². The first-order valence-corrected chi connectivity index (χ1v) is 7.22. The summed E-state index contributed by atoms with van der Waals surface area (Å²) in [5.41, 5.74) is 2.94. The van der Waals surface area contributed by atoms with Gasteiger partial charge >= 0.3 is 0 Å². The van der Waals surface area contributed by atoms with E-state index in [1.165, 1.54) is 31.4 Å². The molecular weight excluding hydrogens is 291 g/mol. The van der Waals surface area contributed by atoms with Gasteiger partial charge in [-0.15, -0.1) is 11.6 Å². The van der Waals surface area contributed by atoms with Crippen LogP contribution in [0.5, 0.6) is 11.5 Å². The standard InChI is InChI=1S/C17H16ClFO2/c1-20-15-8-13(14(19)9-16(15)21-2)17(18)12-7-10-5-3-4-6-11(10)12/h3-6,8-9,12,17H,7H2,1-2H3. The number of benzene rings is 2. The molecule has 0 spiro atoms. The molecule has 110 valence electrons. The molecule has 1 aliphatic carbocycles. The van der Waals surface area contributed by atoms with E-state index in [2.05, 4.69) is 12.1 Å². The molecule has 0 bridgehead atoms. The Morgan fingerprint density at radius 2 is 1.81 bits per heavy atom. The van der Waals surface area contributed by atoms with Crippen molar-refractivity contribution in [2.45, 2.75) is 17.7 Å². The lowest BCUT2D eigenvalue weighted by Gasteiger charge is -2.34. The van der Waals surface area contributed by atoms with Crippen LogP contribution in [0.25, 0.3) is 0 Å². The van der Waals surface area contributed by atoms with Crippen molar-refractivity contribution in [2.75, 3.05) is 14.2 Å². The third-order valence-electron chi connectivity index (χ3n) is 4.05. The fraction of sp³-hybridized carbons (Fsp3) is 0.294. The molecule has 0 aliphatic heterocycles. The maximum absolute atomic E-state index is 14.3. The molecule has 2 atom stereocenters. The number of hydrogen-bond donors (Lipinski definition) is 0. The molecule has 1 aliphatic rings. The Hall–Kier alpha value is -1.74. The topological polar surface area (TPSA) is 18.5 Å². The van der Waals surface area contributed by atoms with E-state index in [1.54, 1.807) is 6.07 Å². The van der Waals surface area contributed by atoms with Crippen molar-refractivity contribution in [1.82, 2.24) is 0 Å². The summed E-state index contributed by atoms with van der Waals surface area (Å²) in [4.78, 5) is 0. The molecule has 0 amide bonds. The van der Waals surface area contributed by atoms with Crippen molar-refractivity contribution in [3.05, 3.63) is 58.9 Å². The lowest BCUT2D eigenvalue weighted by molar-refractivity contribution is 0.351. The first-order chi connectivity index (χ1) is 10.2. The second kappa shape index (κ2) is 5.57. The zero-order valence-electron chi connectivity index (χ0n) is 11.9. The zero-order chi connectivity index (χ0) is 15.0. The second-order valence-electron chi connectivity index (χ2n) is 5.14. The number of fused-ring (bicyclic) bond motifs is 1. The molecule has 0 heterocycles. The molecule has 0 saturated carbocycles. The molecule has 21 heavy (non-hydrogen) atoms. The van der Waals surface area contributed by atoms with Gasteiger partial charge in [0, 0.05) is 17.5 Å². The van der Waals surface area contributed by atoms with Gasteiger partial charge in [-0.25, -0.2) is 4.39 Å². The van der Waals surface area contributed by atoms with Gasteiger partial charge < -0.3 is 9.47 Å². The molecule has 0 fully saturated rings. The van der Waals surface area contributed by atoms with Gasteiger partial charge in [0.05, 0.1) is 19.6 Å². The summed E-state index contributed by atoms with van der Waals surface area (Å²) in [5.74, 6) is 0.635. The molecule has 2 nitrogen and oxygen atoms in total. The van der Waals surface area contributed by atoms with Gasteiger partial charge in [-0.1, -0.05) is 24.3 Å². The summed E-state index contributed by atoms with van der Waals surface area (Å²) < 4.78 is 24.6. The van der Waals surface area contributed by atoms with Gasteiger partial charge in [-0.2, -0.15) is 0 Å². The minimum Gasteiger partial charge on any atom is -0.493 e. The normalized spacial score (nSPS) is 17.6. The van der Waals surface area contributed by atoms with Gasteiger partial charge in [0.1, 0.15) is 5.82 Å². The van der Waals surface area contributed by atoms with E-state index in [9.17, 15) is 4.39 Å². The third kappa shape index (κ3) is 2.36. The van der Waals surface area contributed by atoms with E-state index >= 15 is 0 Å². The number of rotatable bonds is 4. The summed E-state index contributed by atoms with van der Waals surface area (Å²) >= 11 is 6.53. The van der Waals surface area contributed by atoms with E-state index < -0.39 is 5.38 Å². The number of alkyl halides is 1. The highest BCUT2D eigenvalue weighted by Gasteiger charge is 2.34. The van der Waals surface area contributed by atoms with E-state index in [4.69, 9.17) is 21.1 Å². The highest BCUT2D eigenvalue weighted by atomic mass is 35.5.